The van der Waals surface area contributed by atoms with Crippen molar-refractivity contribution in [1.82, 2.24) is 0 Å². The lowest BCUT2D eigenvalue weighted by atomic mass is 10.1. The maximum atomic E-state index is 13.2. The molecule has 0 aromatic heterocycles. The summed E-state index contributed by atoms with van der Waals surface area (Å²) in [5.74, 6) is -1.51. The summed E-state index contributed by atoms with van der Waals surface area (Å²) in [7, 11) is 0. The molecule has 2 aromatic rings. The van der Waals surface area contributed by atoms with E-state index >= 15 is 0 Å². The first-order chi connectivity index (χ1) is 9.75. The summed E-state index contributed by atoms with van der Waals surface area (Å²) in [6.45, 7) is -0.0772. The fraction of sp³-hybridized carbons (Fsp3) is 0.143. The van der Waals surface area contributed by atoms with Gasteiger partial charge in [-0.3, -0.25) is 0 Å². The van der Waals surface area contributed by atoms with Gasteiger partial charge in [0.25, 0.3) is 0 Å². The van der Waals surface area contributed by atoms with Crippen LogP contribution in [-0.4, -0.2) is 0 Å². The minimum Gasteiger partial charge on any atom is -0.380 e. The Hall–Kier alpha value is -1.82. The minimum atomic E-state index is -4.62. The molecule has 0 heterocycles. The van der Waals surface area contributed by atoms with E-state index in [1.807, 2.05) is 0 Å². The quantitative estimate of drug-likeness (QED) is 0.761. The maximum Gasteiger partial charge on any atom is 0.416 e. The van der Waals surface area contributed by atoms with Crippen molar-refractivity contribution < 1.29 is 22.0 Å². The van der Waals surface area contributed by atoms with Gasteiger partial charge in [0.2, 0.25) is 0 Å². The molecule has 0 unspecified atom stereocenters. The molecule has 0 aliphatic heterocycles. The van der Waals surface area contributed by atoms with Crippen LogP contribution in [0.25, 0.3) is 0 Å². The monoisotopic (exact) mass is 321 g/mol. The Morgan fingerprint density at radius 2 is 1.67 bits per heavy atom. The molecule has 0 amide bonds. The zero-order chi connectivity index (χ0) is 15.6. The van der Waals surface area contributed by atoms with Crippen LogP contribution in [0.4, 0.5) is 27.6 Å². The average Bonchev–Trinajstić information content (AvgIpc) is 2.36. The third-order valence-electron chi connectivity index (χ3n) is 2.70. The number of nitrogens with one attached hydrogen (secondary N) is 1. The smallest absolute Gasteiger partial charge is 0.380 e. The first kappa shape index (κ1) is 15.6. The van der Waals surface area contributed by atoms with E-state index in [1.165, 1.54) is 6.07 Å². The Balaban J connectivity index is 2.18. The van der Waals surface area contributed by atoms with Gasteiger partial charge >= 0.3 is 6.18 Å². The van der Waals surface area contributed by atoms with Crippen LogP contribution in [-0.2, 0) is 12.7 Å². The van der Waals surface area contributed by atoms with E-state index in [-0.39, 0.29) is 17.1 Å². The van der Waals surface area contributed by atoms with Crippen molar-refractivity contribution in [2.24, 2.45) is 0 Å². The molecule has 0 aliphatic carbocycles. The van der Waals surface area contributed by atoms with Gasteiger partial charge in [-0.2, -0.15) is 13.2 Å². The molecule has 0 aliphatic rings. The summed E-state index contributed by atoms with van der Waals surface area (Å²) < 4.78 is 63.8. The summed E-state index contributed by atoms with van der Waals surface area (Å²) in [6, 6.07) is 5.82. The summed E-state index contributed by atoms with van der Waals surface area (Å²) in [5.41, 5.74) is -0.622. The largest absolute Gasteiger partial charge is 0.416 e. The maximum absolute atomic E-state index is 13.2. The number of rotatable bonds is 3. The Morgan fingerprint density at radius 1 is 0.952 bits per heavy atom. The van der Waals surface area contributed by atoms with Crippen LogP contribution in [0.5, 0.6) is 0 Å². The molecule has 0 saturated carbocycles. The van der Waals surface area contributed by atoms with E-state index in [9.17, 15) is 22.0 Å². The van der Waals surface area contributed by atoms with Crippen molar-refractivity contribution in [3.8, 4) is 0 Å². The van der Waals surface area contributed by atoms with E-state index < -0.39 is 23.4 Å². The van der Waals surface area contributed by atoms with E-state index in [1.54, 1.807) is 0 Å². The van der Waals surface area contributed by atoms with Gasteiger partial charge in [0.1, 0.15) is 11.6 Å². The van der Waals surface area contributed by atoms with E-state index in [4.69, 9.17) is 11.6 Å². The summed E-state index contributed by atoms with van der Waals surface area (Å²) in [5, 5.41) is 2.82. The molecule has 0 radical (unpaired) electrons. The summed E-state index contributed by atoms with van der Waals surface area (Å²) >= 11 is 5.77. The first-order valence-electron chi connectivity index (χ1n) is 5.81. The van der Waals surface area contributed by atoms with Crippen LogP contribution in [0, 0.1) is 11.6 Å². The van der Waals surface area contributed by atoms with Gasteiger partial charge in [-0.1, -0.05) is 11.6 Å². The van der Waals surface area contributed by atoms with Crippen molar-refractivity contribution in [2.45, 2.75) is 12.7 Å². The number of anilines is 1. The molecule has 0 fully saturated rings. The Labute approximate surface area is 122 Å². The second-order valence-corrected chi connectivity index (χ2v) is 4.73. The average molecular weight is 322 g/mol. The predicted molar refractivity (Wildman–Crippen MR) is 70.1 cm³/mol. The fourth-order valence-corrected chi connectivity index (χ4v) is 1.98. The zero-order valence-electron chi connectivity index (χ0n) is 10.4. The van der Waals surface area contributed by atoms with Gasteiger partial charge in [-0.05, 0) is 42.0 Å². The molecule has 21 heavy (non-hydrogen) atoms. The molecular formula is C14H9ClF5N. The SMILES string of the molecule is Fc1cc(CNc2ccc(F)cc2Cl)cc(C(F)(F)F)c1. The Kier molecular flexibility index (Phi) is 4.37. The van der Waals surface area contributed by atoms with Crippen LogP contribution in [0.1, 0.15) is 11.1 Å². The zero-order valence-corrected chi connectivity index (χ0v) is 11.2. The molecule has 0 bridgehead atoms. The van der Waals surface area contributed by atoms with Crippen LogP contribution < -0.4 is 5.32 Å². The molecule has 112 valence electrons. The first-order valence-corrected chi connectivity index (χ1v) is 6.19. The topological polar surface area (TPSA) is 12.0 Å². The minimum absolute atomic E-state index is 0.0772. The molecule has 2 rings (SSSR count). The highest BCUT2D eigenvalue weighted by Gasteiger charge is 2.31. The molecular weight excluding hydrogens is 313 g/mol. The van der Waals surface area contributed by atoms with Gasteiger partial charge < -0.3 is 5.32 Å². The molecule has 0 spiro atoms. The molecule has 0 atom stereocenters. The van der Waals surface area contributed by atoms with Crippen molar-refractivity contribution in [2.75, 3.05) is 5.32 Å². The second-order valence-electron chi connectivity index (χ2n) is 4.32. The molecule has 7 heteroatoms. The fourth-order valence-electron chi connectivity index (χ4n) is 1.75. The van der Waals surface area contributed by atoms with Gasteiger partial charge in [-0.15, -0.1) is 0 Å². The summed E-state index contributed by atoms with van der Waals surface area (Å²) in [4.78, 5) is 0. The Bertz CT molecular complexity index is 654. The number of hydrogen-bond donors (Lipinski definition) is 1. The molecule has 2 aromatic carbocycles. The molecule has 1 N–H and O–H groups in total. The number of halogens is 6. The van der Waals surface area contributed by atoms with E-state index in [0.717, 1.165) is 24.3 Å². The lowest BCUT2D eigenvalue weighted by Crippen LogP contribution is -2.08. The number of benzene rings is 2. The third-order valence-corrected chi connectivity index (χ3v) is 3.01. The van der Waals surface area contributed by atoms with Gasteiger partial charge in [0.05, 0.1) is 16.3 Å². The molecule has 1 nitrogen and oxygen atoms in total. The number of alkyl halides is 3. The highest BCUT2D eigenvalue weighted by molar-refractivity contribution is 6.33. The Morgan fingerprint density at radius 3 is 2.29 bits per heavy atom. The van der Waals surface area contributed by atoms with Crippen LogP contribution in [0.3, 0.4) is 0 Å². The van der Waals surface area contributed by atoms with Crippen LogP contribution in [0.2, 0.25) is 5.02 Å². The van der Waals surface area contributed by atoms with Crippen molar-refractivity contribution in [3.05, 3.63) is 64.2 Å². The van der Waals surface area contributed by atoms with Gasteiger partial charge in [0.15, 0.2) is 0 Å². The van der Waals surface area contributed by atoms with Crippen LogP contribution in [0.15, 0.2) is 36.4 Å². The third kappa shape index (κ3) is 4.07. The van der Waals surface area contributed by atoms with Crippen molar-refractivity contribution in [3.63, 3.8) is 0 Å². The number of hydrogen-bond acceptors (Lipinski definition) is 1. The van der Waals surface area contributed by atoms with E-state index in [0.29, 0.717) is 11.8 Å². The highest BCUT2D eigenvalue weighted by Crippen LogP contribution is 2.31. The van der Waals surface area contributed by atoms with E-state index in [2.05, 4.69) is 5.32 Å². The van der Waals surface area contributed by atoms with Crippen molar-refractivity contribution >= 4 is 17.3 Å². The van der Waals surface area contributed by atoms with Crippen molar-refractivity contribution in [1.29, 1.82) is 0 Å². The summed E-state index contributed by atoms with van der Waals surface area (Å²) in [6.07, 6.45) is -4.62. The van der Waals surface area contributed by atoms with Crippen LogP contribution >= 0.6 is 11.6 Å². The second kappa shape index (κ2) is 5.89. The lowest BCUT2D eigenvalue weighted by Gasteiger charge is -2.11. The molecule has 0 saturated heterocycles. The standard InChI is InChI=1S/C14H9ClF5N/c15-12-6-10(16)1-2-13(12)21-7-8-3-9(14(18,19)20)5-11(17)4-8/h1-6,21H,7H2. The van der Waals surface area contributed by atoms with Gasteiger partial charge in [-0.25, -0.2) is 8.78 Å². The highest BCUT2D eigenvalue weighted by atomic mass is 35.5. The normalized spacial score (nSPS) is 11.5. The van der Waals surface area contributed by atoms with Gasteiger partial charge in [0, 0.05) is 6.54 Å². The lowest BCUT2D eigenvalue weighted by molar-refractivity contribution is -0.137. The predicted octanol–water partition coefficient (Wildman–Crippen LogP) is 5.25.